The van der Waals surface area contributed by atoms with Crippen molar-refractivity contribution in [2.24, 2.45) is 10.8 Å². The van der Waals surface area contributed by atoms with Gasteiger partial charge in [-0.3, -0.25) is 0 Å². The Morgan fingerprint density at radius 3 is 1.83 bits per heavy atom. The van der Waals surface area contributed by atoms with Crippen LogP contribution >= 0.6 is 0 Å². The fourth-order valence-electron chi connectivity index (χ4n) is 5.53. The van der Waals surface area contributed by atoms with Gasteiger partial charge in [0.2, 0.25) is 0 Å². The molecule has 0 unspecified atom stereocenters. The van der Waals surface area contributed by atoms with Crippen molar-refractivity contribution in [3.8, 4) is 0 Å². The predicted octanol–water partition coefficient (Wildman–Crippen LogP) is 10.3. The molecule has 2 aliphatic rings. The van der Waals surface area contributed by atoms with Crippen molar-refractivity contribution in [1.29, 1.82) is 0 Å². The minimum atomic E-state index is -1.04. The summed E-state index contributed by atoms with van der Waals surface area (Å²) < 4.78 is 0. The maximum Gasteiger partial charge on any atom is 0.113 e. The highest BCUT2D eigenvalue weighted by atomic mass is 16.3. The van der Waals surface area contributed by atoms with E-state index in [0.29, 0.717) is 0 Å². The summed E-state index contributed by atoms with van der Waals surface area (Å²) in [6.07, 6.45) is 35.2. The summed E-state index contributed by atoms with van der Waals surface area (Å²) in [6, 6.07) is 0. The van der Waals surface area contributed by atoms with Crippen molar-refractivity contribution in [1.82, 2.24) is 0 Å². The summed E-state index contributed by atoms with van der Waals surface area (Å²) in [4.78, 5) is 0. The molecule has 0 aromatic carbocycles. The Balaban J connectivity index is 1.92. The first-order chi connectivity index (χ1) is 19.6. The molecule has 0 saturated carbocycles. The van der Waals surface area contributed by atoms with Gasteiger partial charge in [0, 0.05) is 5.41 Å². The quantitative estimate of drug-likeness (QED) is 0.258. The number of hydrogen-bond donors (Lipinski definition) is 2. The van der Waals surface area contributed by atoms with Crippen LogP contribution in [0.1, 0.15) is 81.6 Å². The van der Waals surface area contributed by atoms with Crippen LogP contribution in [0.15, 0.2) is 143 Å². The van der Waals surface area contributed by atoms with Gasteiger partial charge >= 0.3 is 0 Å². The maximum atomic E-state index is 11.2. The molecule has 2 atom stereocenters. The van der Waals surface area contributed by atoms with Crippen LogP contribution in [0.5, 0.6) is 0 Å². The summed E-state index contributed by atoms with van der Waals surface area (Å²) in [5.41, 5.74) is 6.62. The summed E-state index contributed by atoms with van der Waals surface area (Å²) in [7, 11) is 0. The van der Waals surface area contributed by atoms with E-state index in [1.165, 1.54) is 22.3 Å². The van der Waals surface area contributed by atoms with Gasteiger partial charge in [-0.2, -0.15) is 0 Å². The predicted molar refractivity (Wildman–Crippen MR) is 184 cm³/mol. The smallest absolute Gasteiger partial charge is 0.113 e. The first-order valence-corrected chi connectivity index (χ1v) is 15.1. The van der Waals surface area contributed by atoms with E-state index in [0.717, 1.165) is 36.0 Å². The summed E-state index contributed by atoms with van der Waals surface area (Å²) in [5, 5.41) is 21.3. The zero-order valence-electron chi connectivity index (χ0n) is 27.5. The molecule has 0 aromatic heterocycles. The molecule has 0 aliphatic heterocycles. The highest BCUT2D eigenvalue weighted by Gasteiger charge is 2.43. The fourth-order valence-corrected chi connectivity index (χ4v) is 5.53. The Labute approximate surface area is 256 Å². The molecule has 0 saturated heterocycles. The third-order valence-corrected chi connectivity index (χ3v) is 8.31. The molecule has 2 N–H and O–H groups in total. The van der Waals surface area contributed by atoms with Gasteiger partial charge in [0.05, 0.1) is 6.10 Å². The van der Waals surface area contributed by atoms with Crippen LogP contribution in [-0.4, -0.2) is 21.9 Å². The fraction of sp³-hybridized carbons (Fsp3) is 0.400. The first-order valence-electron chi connectivity index (χ1n) is 15.1. The SMILES string of the molecule is C=C1C=CCC(C)(C)[C@@]1(O)/C=C/C(C)=C/C=C/C(C)=C/C=C/C=C(C)/C=C/C=C(C)/C=C/C1=C(C)C[C@@H](O)CC1(C)C. The molecular weight excluding hydrogens is 512 g/mol. The molecule has 0 fully saturated rings. The van der Waals surface area contributed by atoms with Crippen molar-refractivity contribution in [3.63, 3.8) is 0 Å². The van der Waals surface area contributed by atoms with E-state index in [9.17, 15) is 10.2 Å². The van der Waals surface area contributed by atoms with Crippen molar-refractivity contribution in [2.45, 2.75) is 93.3 Å². The second-order valence-electron chi connectivity index (χ2n) is 13.3. The Kier molecular flexibility index (Phi) is 12.8. The molecule has 0 amide bonds. The van der Waals surface area contributed by atoms with Gasteiger partial charge in [-0.25, -0.2) is 0 Å². The van der Waals surface area contributed by atoms with Gasteiger partial charge < -0.3 is 10.2 Å². The summed E-state index contributed by atoms with van der Waals surface area (Å²) in [6.45, 7) is 23.1. The lowest BCUT2D eigenvalue weighted by atomic mass is 9.66. The Hall–Kier alpha value is -3.20. The van der Waals surface area contributed by atoms with Crippen LogP contribution in [0.2, 0.25) is 0 Å². The number of hydrogen-bond acceptors (Lipinski definition) is 2. The molecular formula is C40H54O2. The van der Waals surface area contributed by atoms with Crippen LogP contribution in [0.3, 0.4) is 0 Å². The monoisotopic (exact) mass is 566 g/mol. The molecule has 2 rings (SSSR count). The minimum absolute atomic E-state index is 0.000203. The lowest BCUT2D eigenvalue weighted by molar-refractivity contribution is 0.00918. The maximum absolute atomic E-state index is 11.2. The first kappa shape index (κ1) is 35.0. The average molecular weight is 567 g/mol. The Bertz CT molecular complexity index is 1320. The van der Waals surface area contributed by atoms with Crippen LogP contribution in [0.4, 0.5) is 0 Å². The number of aliphatic hydroxyl groups is 2. The van der Waals surface area contributed by atoms with E-state index in [1.54, 1.807) is 0 Å². The van der Waals surface area contributed by atoms with E-state index >= 15 is 0 Å². The zero-order valence-corrected chi connectivity index (χ0v) is 27.5. The molecule has 0 aromatic rings. The largest absolute Gasteiger partial charge is 0.393 e. The molecule has 42 heavy (non-hydrogen) atoms. The lowest BCUT2D eigenvalue weighted by Gasteiger charge is -2.43. The summed E-state index contributed by atoms with van der Waals surface area (Å²) >= 11 is 0. The normalized spacial score (nSPS) is 26.4. The second kappa shape index (κ2) is 15.3. The van der Waals surface area contributed by atoms with E-state index in [1.807, 2.05) is 37.3 Å². The van der Waals surface area contributed by atoms with E-state index in [-0.39, 0.29) is 16.9 Å². The molecule has 0 bridgehead atoms. The van der Waals surface area contributed by atoms with Gasteiger partial charge in [-0.1, -0.05) is 153 Å². The Morgan fingerprint density at radius 2 is 1.31 bits per heavy atom. The molecule has 2 heteroatoms. The van der Waals surface area contributed by atoms with Gasteiger partial charge in [0.25, 0.3) is 0 Å². The van der Waals surface area contributed by atoms with Crippen LogP contribution in [0, 0.1) is 10.8 Å². The average Bonchev–Trinajstić information content (AvgIpc) is 2.87. The molecule has 2 nitrogen and oxygen atoms in total. The second-order valence-corrected chi connectivity index (χ2v) is 13.3. The third kappa shape index (κ3) is 10.3. The number of rotatable bonds is 10. The van der Waals surface area contributed by atoms with Crippen LogP contribution in [-0.2, 0) is 0 Å². The van der Waals surface area contributed by atoms with Crippen molar-refractivity contribution in [2.75, 3.05) is 0 Å². The van der Waals surface area contributed by atoms with Crippen molar-refractivity contribution >= 4 is 0 Å². The van der Waals surface area contributed by atoms with Crippen LogP contribution < -0.4 is 0 Å². The minimum Gasteiger partial charge on any atom is -0.393 e. The van der Waals surface area contributed by atoms with E-state index in [2.05, 4.69) is 129 Å². The zero-order chi connectivity index (χ0) is 31.6. The van der Waals surface area contributed by atoms with Gasteiger partial charge in [0.1, 0.15) is 5.60 Å². The highest BCUT2D eigenvalue weighted by Crippen LogP contribution is 2.44. The lowest BCUT2D eigenvalue weighted by Crippen LogP contribution is -2.45. The van der Waals surface area contributed by atoms with Crippen molar-refractivity contribution in [3.05, 3.63) is 143 Å². The standard InChI is InChI=1S/C40H54O2/c1-30(18-13-20-32(3)23-24-37-34(5)28-36(41)29-38(37,7)8)16-11-12-17-31(2)19-14-21-33(4)25-27-40(42)35(6)22-15-26-39(40,9)10/h11-25,27,36,41-42H,6,26,28-29H2,1-5,7-10H3/b12-11+,18-13+,19-14+,24-23+,27-25+,30-16+,31-17+,32-20+,33-21+/t36-,40-/m1/s1. The molecule has 0 radical (unpaired) electrons. The van der Waals surface area contributed by atoms with E-state index < -0.39 is 5.60 Å². The van der Waals surface area contributed by atoms with Crippen LogP contribution in [0.25, 0.3) is 0 Å². The number of aliphatic hydroxyl groups excluding tert-OH is 1. The molecule has 0 heterocycles. The van der Waals surface area contributed by atoms with E-state index in [4.69, 9.17) is 0 Å². The Morgan fingerprint density at radius 1 is 0.810 bits per heavy atom. The van der Waals surface area contributed by atoms with Gasteiger partial charge in [0.15, 0.2) is 0 Å². The topological polar surface area (TPSA) is 40.5 Å². The number of allylic oxidation sites excluding steroid dienone is 19. The van der Waals surface area contributed by atoms with Gasteiger partial charge in [-0.15, -0.1) is 0 Å². The third-order valence-electron chi connectivity index (χ3n) is 8.31. The highest BCUT2D eigenvalue weighted by molar-refractivity contribution is 5.41. The molecule has 2 aliphatic carbocycles. The molecule has 0 spiro atoms. The van der Waals surface area contributed by atoms with Crippen molar-refractivity contribution < 1.29 is 10.2 Å². The summed E-state index contributed by atoms with van der Waals surface area (Å²) in [5.74, 6) is 0. The molecule has 226 valence electrons. The van der Waals surface area contributed by atoms with Gasteiger partial charge in [-0.05, 0) is 76.5 Å².